The van der Waals surface area contributed by atoms with Gasteiger partial charge < -0.3 is 20.1 Å². The Kier molecular flexibility index (Phi) is 8.35. The monoisotopic (exact) mass is 624 g/mol. The molecule has 3 heterocycles. The summed E-state index contributed by atoms with van der Waals surface area (Å²) >= 11 is 6.53. The van der Waals surface area contributed by atoms with Gasteiger partial charge in [0.25, 0.3) is 11.8 Å². The molecule has 5 rings (SSSR count). The maximum Gasteiger partial charge on any atom is 0.410 e. The first-order valence-corrected chi connectivity index (χ1v) is 14.3. The van der Waals surface area contributed by atoms with Gasteiger partial charge in [-0.05, 0) is 58.5 Å². The molecule has 3 aromatic rings. The van der Waals surface area contributed by atoms with Crippen molar-refractivity contribution in [3.05, 3.63) is 88.1 Å². The molecule has 2 aliphatic rings. The van der Waals surface area contributed by atoms with Crippen LogP contribution in [0.15, 0.2) is 60.8 Å². The lowest BCUT2D eigenvalue weighted by molar-refractivity contribution is -0.116. The van der Waals surface area contributed by atoms with E-state index in [4.69, 9.17) is 21.4 Å². The zero-order valence-electron chi connectivity index (χ0n) is 24.3. The number of anilines is 1. The van der Waals surface area contributed by atoms with Crippen LogP contribution in [0.4, 0.5) is 19.4 Å². The van der Waals surface area contributed by atoms with Crippen molar-refractivity contribution in [3.8, 4) is 16.9 Å². The van der Waals surface area contributed by atoms with Crippen LogP contribution in [-0.2, 0) is 23.2 Å². The van der Waals surface area contributed by atoms with E-state index in [2.05, 4.69) is 15.6 Å². The highest BCUT2D eigenvalue weighted by atomic mass is 35.5. The molecular formula is C32H31ClF2N4O5. The summed E-state index contributed by atoms with van der Waals surface area (Å²) in [6, 6.07) is 12.2. The SMILES string of the molecule is CC(C)(C)c1cc(CNC(=O)C=CC2Cc3cc(-c4ccc(C(=O)N5CC(F)(F)C5)cc4)cc(Cl)c3O2)cnc1NC(=O)O. The number of carbonyl (C=O) groups excluding carboxylic acids is 2. The van der Waals surface area contributed by atoms with E-state index in [1.54, 1.807) is 36.4 Å². The van der Waals surface area contributed by atoms with Crippen molar-refractivity contribution in [2.24, 2.45) is 0 Å². The normalized spacial score (nSPS) is 17.0. The van der Waals surface area contributed by atoms with Crippen molar-refractivity contribution in [2.75, 3.05) is 18.4 Å². The van der Waals surface area contributed by atoms with Gasteiger partial charge >= 0.3 is 6.09 Å². The number of carbonyl (C=O) groups is 3. The molecule has 1 aromatic heterocycles. The van der Waals surface area contributed by atoms with Crippen LogP contribution in [0.5, 0.6) is 5.75 Å². The Labute approximate surface area is 257 Å². The van der Waals surface area contributed by atoms with Crippen LogP contribution >= 0.6 is 11.6 Å². The number of hydrogen-bond acceptors (Lipinski definition) is 5. The molecule has 1 saturated heterocycles. The van der Waals surface area contributed by atoms with Gasteiger partial charge in [-0.15, -0.1) is 0 Å². The van der Waals surface area contributed by atoms with Gasteiger partial charge in [0, 0.05) is 41.9 Å². The van der Waals surface area contributed by atoms with Crippen LogP contribution in [0, 0.1) is 0 Å². The first kappa shape index (κ1) is 30.9. The van der Waals surface area contributed by atoms with Crippen molar-refractivity contribution in [1.82, 2.24) is 15.2 Å². The van der Waals surface area contributed by atoms with Crippen LogP contribution < -0.4 is 15.4 Å². The van der Waals surface area contributed by atoms with Crippen LogP contribution in [0.25, 0.3) is 11.1 Å². The fourth-order valence-electron chi connectivity index (χ4n) is 5.08. The molecule has 12 heteroatoms. The maximum atomic E-state index is 13.1. The maximum absolute atomic E-state index is 13.1. The third-order valence-electron chi connectivity index (χ3n) is 7.31. The second-order valence-corrected chi connectivity index (χ2v) is 12.3. The van der Waals surface area contributed by atoms with Crippen LogP contribution in [0.2, 0.25) is 5.02 Å². The second-order valence-electron chi connectivity index (χ2n) is 11.9. The lowest BCUT2D eigenvalue weighted by atomic mass is 9.86. The lowest BCUT2D eigenvalue weighted by Gasteiger charge is -2.38. The average Bonchev–Trinajstić information content (AvgIpc) is 3.37. The fourth-order valence-corrected chi connectivity index (χ4v) is 5.36. The summed E-state index contributed by atoms with van der Waals surface area (Å²) in [4.78, 5) is 41.4. The Morgan fingerprint density at radius 2 is 1.84 bits per heavy atom. The number of pyridine rings is 1. The van der Waals surface area contributed by atoms with Gasteiger partial charge in [-0.2, -0.15) is 0 Å². The molecule has 0 radical (unpaired) electrons. The number of nitrogens with one attached hydrogen (secondary N) is 2. The van der Waals surface area contributed by atoms with E-state index in [1.165, 1.54) is 12.3 Å². The standard InChI is InChI=1S/C32H31ClF2N4O5/c1-31(2,3)24-10-18(15-37-28(24)38-30(42)43)14-36-26(40)9-8-23-12-22-11-21(13-25(33)27(22)44-23)19-4-6-20(7-5-19)29(41)39-16-32(34,35)17-39/h4-11,13,15,23H,12,14,16-17H2,1-3H3,(H,36,40)(H,37,38)(H,42,43). The van der Waals surface area contributed by atoms with Crippen molar-refractivity contribution in [2.45, 2.75) is 51.2 Å². The number of aromatic nitrogens is 1. The van der Waals surface area contributed by atoms with Crippen molar-refractivity contribution >= 4 is 35.3 Å². The molecule has 0 aliphatic carbocycles. The number of likely N-dealkylation sites (tertiary alicyclic amines) is 1. The quantitative estimate of drug-likeness (QED) is 0.275. The minimum absolute atomic E-state index is 0.197. The van der Waals surface area contributed by atoms with E-state index in [1.807, 2.05) is 32.9 Å². The van der Waals surface area contributed by atoms with E-state index in [0.717, 1.165) is 27.2 Å². The molecule has 0 saturated carbocycles. The highest BCUT2D eigenvalue weighted by Crippen LogP contribution is 2.40. The number of amides is 3. The molecule has 3 N–H and O–H groups in total. The predicted molar refractivity (Wildman–Crippen MR) is 161 cm³/mol. The van der Waals surface area contributed by atoms with E-state index < -0.39 is 37.1 Å². The van der Waals surface area contributed by atoms with E-state index in [0.29, 0.717) is 28.3 Å². The van der Waals surface area contributed by atoms with Gasteiger partial charge in [0.2, 0.25) is 5.91 Å². The van der Waals surface area contributed by atoms with E-state index >= 15 is 0 Å². The smallest absolute Gasteiger partial charge is 0.410 e. The molecule has 1 unspecified atom stereocenters. The Bertz CT molecular complexity index is 1650. The predicted octanol–water partition coefficient (Wildman–Crippen LogP) is 6.06. The minimum atomic E-state index is -2.82. The van der Waals surface area contributed by atoms with Crippen molar-refractivity contribution in [3.63, 3.8) is 0 Å². The molecule has 230 valence electrons. The lowest BCUT2D eigenvalue weighted by Crippen LogP contribution is -2.58. The Hall–Kier alpha value is -4.51. The largest absolute Gasteiger partial charge is 0.484 e. The third kappa shape index (κ3) is 6.99. The zero-order chi connectivity index (χ0) is 31.8. The fraction of sp³-hybridized carbons (Fsp3) is 0.312. The highest BCUT2D eigenvalue weighted by molar-refractivity contribution is 6.32. The molecule has 1 fully saturated rings. The summed E-state index contributed by atoms with van der Waals surface area (Å²) in [5.74, 6) is -2.80. The average molecular weight is 625 g/mol. The number of fused-ring (bicyclic) bond motifs is 1. The first-order valence-electron chi connectivity index (χ1n) is 13.9. The molecule has 0 spiro atoms. The van der Waals surface area contributed by atoms with Gasteiger partial charge in [-0.25, -0.2) is 18.6 Å². The number of rotatable bonds is 7. The van der Waals surface area contributed by atoms with Crippen molar-refractivity contribution < 1.29 is 33.0 Å². The topological polar surface area (TPSA) is 121 Å². The number of benzene rings is 2. The number of carboxylic acid groups (broad SMARTS) is 1. The van der Waals surface area contributed by atoms with E-state index in [-0.39, 0.29) is 23.7 Å². The summed E-state index contributed by atoms with van der Waals surface area (Å²) < 4.78 is 32.3. The molecule has 0 bridgehead atoms. The Balaban J connectivity index is 1.19. The number of hydrogen-bond donors (Lipinski definition) is 3. The number of halogens is 3. The number of ether oxygens (including phenoxy) is 1. The van der Waals surface area contributed by atoms with Crippen LogP contribution in [0.1, 0.15) is 47.8 Å². The molecule has 2 aliphatic heterocycles. The molecule has 2 aromatic carbocycles. The summed E-state index contributed by atoms with van der Waals surface area (Å²) in [6.07, 6.45) is 3.44. The summed E-state index contributed by atoms with van der Waals surface area (Å²) in [6.45, 7) is 4.89. The molecule has 1 atom stereocenters. The van der Waals surface area contributed by atoms with Gasteiger partial charge in [0.05, 0.1) is 18.1 Å². The highest BCUT2D eigenvalue weighted by Gasteiger charge is 2.46. The van der Waals surface area contributed by atoms with E-state index in [9.17, 15) is 23.2 Å². The second kappa shape index (κ2) is 11.9. The summed E-state index contributed by atoms with van der Waals surface area (Å²) in [5, 5.41) is 14.6. The molecule has 44 heavy (non-hydrogen) atoms. The Morgan fingerprint density at radius 1 is 1.14 bits per heavy atom. The van der Waals surface area contributed by atoms with Gasteiger partial charge in [0.1, 0.15) is 17.7 Å². The molecular weight excluding hydrogens is 594 g/mol. The number of nitrogens with zero attached hydrogens (tertiary/aromatic N) is 2. The minimum Gasteiger partial charge on any atom is -0.484 e. The van der Waals surface area contributed by atoms with Gasteiger partial charge in [-0.3, -0.25) is 14.9 Å². The van der Waals surface area contributed by atoms with Crippen molar-refractivity contribution in [1.29, 1.82) is 0 Å². The summed E-state index contributed by atoms with van der Waals surface area (Å²) in [5.41, 5.74) is 3.86. The molecule has 3 amide bonds. The third-order valence-corrected chi connectivity index (χ3v) is 7.60. The number of alkyl halides is 2. The van der Waals surface area contributed by atoms with Crippen LogP contribution in [0.3, 0.4) is 0 Å². The first-order chi connectivity index (χ1) is 20.7. The Morgan fingerprint density at radius 3 is 2.48 bits per heavy atom. The van der Waals surface area contributed by atoms with Crippen LogP contribution in [-0.4, -0.2) is 58.0 Å². The molecule has 9 nitrogen and oxygen atoms in total. The zero-order valence-corrected chi connectivity index (χ0v) is 25.0. The van der Waals surface area contributed by atoms with Gasteiger partial charge in [0.15, 0.2) is 0 Å². The van der Waals surface area contributed by atoms with Gasteiger partial charge in [-0.1, -0.05) is 44.5 Å². The summed E-state index contributed by atoms with van der Waals surface area (Å²) in [7, 11) is 0.